The van der Waals surface area contributed by atoms with Crippen LogP contribution in [-0.4, -0.2) is 85.7 Å². The summed E-state index contributed by atoms with van der Waals surface area (Å²) in [4.78, 5) is 25.1. The normalized spacial score (nSPS) is 21.2. The number of likely N-dealkylation sites (tertiary alicyclic amines) is 1. The Labute approximate surface area is 171 Å². The molecule has 1 aromatic rings. The maximum Gasteiger partial charge on any atom is 0.243 e. The fourth-order valence-electron chi connectivity index (χ4n) is 3.31. The van der Waals surface area contributed by atoms with Gasteiger partial charge in [0.25, 0.3) is 0 Å². The van der Waals surface area contributed by atoms with E-state index in [9.17, 15) is 4.79 Å². The molecule has 2 saturated heterocycles. The van der Waals surface area contributed by atoms with Crippen LogP contribution >= 0.6 is 24.0 Å². The van der Waals surface area contributed by atoms with Gasteiger partial charge >= 0.3 is 0 Å². The first kappa shape index (κ1) is 20.8. The van der Waals surface area contributed by atoms with Crippen LogP contribution in [0.25, 0.3) is 0 Å². The summed E-state index contributed by atoms with van der Waals surface area (Å²) in [6.45, 7) is 5.70. The molecule has 8 nitrogen and oxygen atoms in total. The Kier molecular flexibility index (Phi) is 8.52. The Bertz CT molecular complexity index is 594. The van der Waals surface area contributed by atoms with Crippen molar-refractivity contribution in [1.82, 2.24) is 20.1 Å². The zero-order valence-corrected chi connectivity index (χ0v) is 17.4. The number of ether oxygens (including phenoxy) is 1. The van der Waals surface area contributed by atoms with Gasteiger partial charge in [0.1, 0.15) is 0 Å². The minimum atomic E-state index is -0.113. The molecule has 26 heavy (non-hydrogen) atoms. The SMILES string of the molecule is CN=C(NCC(=O)Nc1cccnc1)N1CCC(N2CCOCC2)C1.I. The monoisotopic (exact) mass is 474 g/mol. The van der Waals surface area contributed by atoms with Gasteiger partial charge < -0.3 is 20.3 Å². The maximum absolute atomic E-state index is 12.1. The van der Waals surface area contributed by atoms with Crippen LogP contribution in [0.1, 0.15) is 6.42 Å². The van der Waals surface area contributed by atoms with Gasteiger partial charge in [-0.15, -0.1) is 24.0 Å². The number of morpholine rings is 1. The van der Waals surface area contributed by atoms with E-state index in [0.717, 1.165) is 51.8 Å². The van der Waals surface area contributed by atoms with Crippen molar-refractivity contribution in [3.05, 3.63) is 24.5 Å². The highest BCUT2D eigenvalue weighted by Crippen LogP contribution is 2.17. The molecule has 0 radical (unpaired) electrons. The lowest BCUT2D eigenvalue weighted by atomic mass is 10.2. The summed E-state index contributed by atoms with van der Waals surface area (Å²) < 4.78 is 5.43. The van der Waals surface area contributed by atoms with E-state index >= 15 is 0 Å². The second-order valence-electron chi connectivity index (χ2n) is 6.23. The molecule has 0 aromatic carbocycles. The third-order valence-corrected chi connectivity index (χ3v) is 4.59. The fourth-order valence-corrected chi connectivity index (χ4v) is 3.31. The molecule has 1 aromatic heterocycles. The summed E-state index contributed by atoms with van der Waals surface area (Å²) >= 11 is 0. The van der Waals surface area contributed by atoms with E-state index in [2.05, 4.69) is 30.4 Å². The van der Waals surface area contributed by atoms with E-state index < -0.39 is 0 Å². The zero-order valence-electron chi connectivity index (χ0n) is 15.1. The van der Waals surface area contributed by atoms with Crippen LogP contribution in [0, 0.1) is 0 Å². The molecule has 1 unspecified atom stereocenters. The smallest absolute Gasteiger partial charge is 0.243 e. The molecule has 0 spiro atoms. The lowest BCUT2D eigenvalue weighted by Crippen LogP contribution is -2.47. The van der Waals surface area contributed by atoms with Crippen LogP contribution in [0.3, 0.4) is 0 Å². The van der Waals surface area contributed by atoms with Crippen LogP contribution in [0.4, 0.5) is 5.69 Å². The van der Waals surface area contributed by atoms with Gasteiger partial charge in [-0.2, -0.15) is 0 Å². The van der Waals surface area contributed by atoms with Gasteiger partial charge in [0.15, 0.2) is 5.96 Å². The summed E-state index contributed by atoms with van der Waals surface area (Å²) in [6, 6.07) is 4.14. The number of hydrogen-bond acceptors (Lipinski definition) is 5. The molecular weight excluding hydrogens is 447 g/mol. The van der Waals surface area contributed by atoms with Crippen molar-refractivity contribution < 1.29 is 9.53 Å². The molecule has 2 N–H and O–H groups in total. The average Bonchev–Trinajstić information content (AvgIpc) is 3.14. The number of aliphatic imine (C=N–C) groups is 1. The van der Waals surface area contributed by atoms with Gasteiger partial charge in [0, 0.05) is 45.5 Å². The van der Waals surface area contributed by atoms with E-state index in [4.69, 9.17) is 4.74 Å². The molecule has 2 fully saturated rings. The number of carbonyl (C=O) groups excluding carboxylic acids is 1. The van der Waals surface area contributed by atoms with Crippen LogP contribution in [0.2, 0.25) is 0 Å². The van der Waals surface area contributed by atoms with Gasteiger partial charge in [-0.25, -0.2) is 0 Å². The molecule has 2 aliphatic rings. The van der Waals surface area contributed by atoms with E-state index in [1.165, 1.54) is 0 Å². The Balaban J connectivity index is 0.00000243. The summed E-state index contributed by atoms with van der Waals surface area (Å²) in [7, 11) is 1.75. The summed E-state index contributed by atoms with van der Waals surface area (Å²) in [5.41, 5.74) is 0.692. The number of amides is 1. The molecule has 0 saturated carbocycles. The first-order valence-electron chi connectivity index (χ1n) is 8.73. The second-order valence-corrected chi connectivity index (χ2v) is 6.23. The number of aromatic nitrogens is 1. The van der Waals surface area contributed by atoms with Crippen molar-refractivity contribution in [1.29, 1.82) is 0 Å². The third kappa shape index (κ3) is 5.78. The topological polar surface area (TPSA) is 82.1 Å². The van der Waals surface area contributed by atoms with Crippen LogP contribution < -0.4 is 10.6 Å². The van der Waals surface area contributed by atoms with Crippen LogP contribution in [0.15, 0.2) is 29.5 Å². The van der Waals surface area contributed by atoms with Crippen molar-refractivity contribution in [2.45, 2.75) is 12.5 Å². The minimum Gasteiger partial charge on any atom is -0.379 e. The van der Waals surface area contributed by atoms with Gasteiger partial charge in [0.2, 0.25) is 5.91 Å². The molecule has 9 heteroatoms. The minimum absolute atomic E-state index is 0. The Morgan fingerprint density at radius 1 is 1.38 bits per heavy atom. The molecule has 1 atom stereocenters. The summed E-state index contributed by atoms with van der Waals surface area (Å²) in [5, 5.41) is 5.97. The first-order chi connectivity index (χ1) is 12.3. The molecule has 1 amide bonds. The number of rotatable bonds is 4. The van der Waals surface area contributed by atoms with Gasteiger partial charge in [-0.05, 0) is 18.6 Å². The van der Waals surface area contributed by atoms with E-state index in [1.54, 1.807) is 25.5 Å². The number of halogens is 1. The Morgan fingerprint density at radius 3 is 2.88 bits per heavy atom. The average molecular weight is 474 g/mol. The number of nitrogens with zero attached hydrogens (tertiary/aromatic N) is 4. The molecular formula is C17H27IN6O2. The predicted octanol–water partition coefficient (Wildman–Crippen LogP) is 0.620. The van der Waals surface area contributed by atoms with Gasteiger partial charge in [0.05, 0.1) is 31.6 Å². The fraction of sp³-hybridized carbons (Fsp3) is 0.588. The standard InChI is InChI=1S/C17H26N6O2.HI/c1-18-17(20-12-16(24)21-14-3-2-5-19-11-14)23-6-4-15(13-23)22-7-9-25-10-8-22;/h2-3,5,11,15H,4,6-10,12-13H2,1H3,(H,18,20)(H,21,24);1H. The number of guanidine groups is 1. The summed E-state index contributed by atoms with van der Waals surface area (Å²) in [6.07, 6.45) is 4.41. The van der Waals surface area contributed by atoms with Crippen molar-refractivity contribution in [2.24, 2.45) is 4.99 Å². The lowest BCUT2D eigenvalue weighted by molar-refractivity contribution is -0.115. The highest BCUT2D eigenvalue weighted by Gasteiger charge is 2.30. The Hall–Kier alpha value is -1.46. The van der Waals surface area contributed by atoms with Crippen LogP contribution in [0.5, 0.6) is 0 Å². The van der Waals surface area contributed by atoms with E-state index in [0.29, 0.717) is 11.7 Å². The van der Waals surface area contributed by atoms with Gasteiger partial charge in [-0.3, -0.25) is 19.7 Å². The number of hydrogen-bond donors (Lipinski definition) is 2. The predicted molar refractivity (Wildman–Crippen MR) is 112 cm³/mol. The van der Waals surface area contributed by atoms with Gasteiger partial charge in [-0.1, -0.05) is 0 Å². The molecule has 0 bridgehead atoms. The number of carbonyl (C=O) groups is 1. The molecule has 0 aliphatic carbocycles. The van der Waals surface area contributed by atoms with Crippen molar-refractivity contribution in [3.63, 3.8) is 0 Å². The number of anilines is 1. The zero-order chi connectivity index (χ0) is 17.5. The Morgan fingerprint density at radius 2 is 2.19 bits per heavy atom. The lowest BCUT2D eigenvalue weighted by Gasteiger charge is -2.32. The van der Waals surface area contributed by atoms with Crippen LogP contribution in [-0.2, 0) is 9.53 Å². The van der Waals surface area contributed by atoms with Crippen molar-refractivity contribution in [3.8, 4) is 0 Å². The number of nitrogens with one attached hydrogen (secondary N) is 2. The van der Waals surface area contributed by atoms with Crippen molar-refractivity contribution in [2.75, 3.05) is 58.3 Å². The highest BCUT2D eigenvalue weighted by atomic mass is 127. The first-order valence-corrected chi connectivity index (χ1v) is 8.73. The highest BCUT2D eigenvalue weighted by molar-refractivity contribution is 14.0. The maximum atomic E-state index is 12.1. The van der Waals surface area contributed by atoms with E-state index in [1.807, 2.05) is 6.07 Å². The second kappa shape index (κ2) is 10.6. The largest absolute Gasteiger partial charge is 0.379 e. The molecule has 144 valence electrons. The molecule has 3 heterocycles. The van der Waals surface area contributed by atoms with E-state index in [-0.39, 0.29) is 36.4 Å². The van der Waals surface area contributed by atoms with Crippen molar-refractivity contribution >= 4 is 41.5 Å². The third-order valence-electron chi connectivity index (χ3n) is 4.59. The number of pyridine rings is 1. The quantitative estimate of drug-likeness (QED) is 0.379. The molecule has 2 aliphatic heterocycles. The summed E-state index contributed by atoms with van der Waals surface area (Å²) in [5.74, 6) is 0.662. The molecule has 3 rings (SSSR count).